The van der Waals surface area contributed by atoms with E-state index in [2.05, 4.69) is 0 Å². The summed E-state index contributed by atoms with van der Waals surface area (Å²) in [6.45, 7) is 0. The molecule has 0 spiro atoms. The zero-order valence-electron chi connectivity index (χ0n) is 21.3. The number of aliphatic hydroxyl groups is 2. The first-order chi connectivity index (χ1) is 18.2. The molecule has 8 rings (SSSR count). The van der Waals surface area contributed by atoms with Crippen molar-refractivity contribution >= 4 is 0 Å². The number of benzene rings is 3. The molecular weight excluding hydrogens is 526 g/mol. The fourth-order valence-corrected chi connectivity index (χ4v) is 4.92. The van der Waals surface area contributed by atoms with Gasteiger partial charge in [0.15, 0.2) is 11.2 Å². The van der Waals surface area contributed by atoms with Gasteiger partial charge in [0.1, 0.15) is 11.5 Å². The molecule has 3 aromatic carbocycles. The lowest BCUT2D eigenvalue weighted by Gasteiger charge is -2.33. The predicted octanol–water partition coefficient (Wildman–Crippen LogP) is 5.77. The molecule has 3 aromatic rings. The average molecular weight is 555 g/mol. The van der Waals surface area contributed by atoms with Gasteiger partial charge in [0, 0.05) is 36.8 Å². The molecule has 0 saturated heterocycles. The van der Waals surface area contributed by atoms with Crippen LogP contribution in [0.5, 0.6) is 11.5 Å². The van der Waals surface area contributed by atoms with E-state index in [1.165, 1.54) is 24.3 Å². The maximum atomic E-state index is 14.2. The number of alkyl halides is 6. The van der Waals surface area contributed by atoms with Crippen molar-refractivity contribution in [3.8, 4) is 11.5 Å². The first-order valence-corrected chi connectivity index (χ1v) is 12.1. The van der Waals surface area contributed by atoms with Gasteiger partial charge in [-0.15, -0.1) is 0 Å². The Hall–Kier alpha value is -3.24. The van der Waals surface area contributed by atoms with Crippen molar-refractivity contribution in [3.63, 3.8) is 0 Å². The molecule has 0 heterocycles. The minimum Gasteiger partial charge on any atom is -0.496 e. The fraction of sp³-hybridized carbons (Fsp3) is 0.379. The Labute approximate surface area is 221 Å². The SMILES string of the molecule is COc1cc2c(OC)cc1CC(O)(C(F)(F)F)Cc1ccc(cc1)Cc1ccc(cc1)CC(O)(C(F)(F)F)C2. The number of fused-ring (bicyclic) bond motifs is 1. The molecule has 10 heteroatoms. The maximum Gasteiger partial charge on any atom is 0.417 e. The lowest BCUT2D eigenvalue weighted by Crippen LogP contribution is -2.49. The van der Waals surface area contributed by atoms with Crippen molar-refractivity contribution < 1.29 is 46.0 Å². The monoisotopic (exact) mass is 554 g/mol. The van der Waals surface area contributed by atoms with E-state index in [9.17, 15) is 36.6 Å². The molecule has 5 aliphatic rings. The third-order valence-electron chi connectivity index (χ3n) is 7.15. The molecule has 0 aliphatic heterocycles. The first kappa shape index (κ1) is 28.8. The molecule has 5 aliphatic carbocycles. The summed E-state index contributed by atoms with van der Waals surface area (Å²) in [6, 6.07) is 14.9. The summed E-state index contributed by atoms with van der Waals surface area (Å²) in [7, 11) is 2.32. The number of hydrogen-bond acceptors (Lipinski definition) is 4. The highest BCUT2D eigenvalue weighted by molar-refractivity contribution is 5.48. The van der Waals surface area contributed by atoms with Crippen LogP contribution in [0.3, 0.4) is 0 Å². The third kappa shape index (κ3) is 6.01. The molecule has 0 amide bonds. The number of methoxy groups -OCH3 is 2. The fourth-order valence-electron chi connectivity index (χ4n) is 4.92. The number of hydrogen-bond donors (Lipinski definition) is 2. The van der Waals surface area contributed by atoms with Gasteiger partial charge in [-0.25, -0.2) is 0 Å². The Balaban J connectivity index is 1.91. The van der Waals surface area contributed by atoms with Gasteiger partial charge in [-0.3, -0.25) is 0 Å². The molecule has 4 nitrogen and oxygen atoms in total. The Morgan fingerprint density at radius 2 is 0.872 bits per heavy atom. The van der Waals surface area contributed by atoms with Gasteiger partial charge in [0.25, 0.3) is 0 Å². The van der Waals surface area contributed by atoms with Gasteiger partial charge < -0.3 is 19.7 Å². The molecule has 0 aromatic heterocycles. The summed E-state index contributed by atoms with van der Waals surface area (Å²) in [5.74, 6) is -0.341. The van der Waals surface area contributed by atoms with E-state index in [0.29, 0.717) is 6.42 Å². The largest absolute Gasteiger partial charge is 0.496 e. The molecule has 2 atom stereocenters. The van der Waals surface area contributed by atoms with Crippen LogP contribution < -0.4 is 9.47 Å². The molecule has 2 unspecified atom stereocenters. The molecule has 210 valence electrons. The Morgan fingerprint density at radius 1 is 0.564 bits per heavy atom. The normalized spacial score (nSPS) is 22.3. The van der Waals surface area contributed by atoms with Crippen molar-refractivity contribution in [1.82, 2.24) is 0 Å². The Bertz CT molecular complexity index is 1200. The Morgan fingerprint density at radius 3 is 1.15 bits per heavy atom. The van der Waals surface area contributed by atoms with Crippen molar-refractivity contribution in [1.29, 1.82) is 0 Å². The molecule has 0 radical (unpaired) electrons. The van der Waals surface area contributed by atoms with E-state index in [1.807, 2.05) is 0 Å². The number of ether oxygens (including phenoxy) is 2. The summed E-state index contributed by atoms with van der Waals surface area (Å²) in [4.78, 5) is 0. The highest BCUT2D eigenvalue weighted by atomic mass is 19.4. The van der Waals surface area contributed by atoms with Crippen molar-refractivity contribution in [2.75, 3.05) is 14.2 Å². The van der Waals surface area contributed by atoms with E-state index in [0.717, 1.165) is 37.5 Å². The summed E-state index contributed by atoms with van der Waals surface area (Å²) in [5, 5.41) is 21.8. The standard InChI is InChI=1S/C29H28F6O4/c1-38-24-12-23-17-27(37,29(33,34)35)15-21-9-5-19(6-10-21)11-18-3-7-20(8-4-18)14-26(36,28(30,31)32)16-22(24)13-25(23)39-2/h3-10,12-13,36-37H,11,14-17H2,1-2H3. The predicted molar refractivity (Wildman–Crippen MR) is 132 cm³/mol. The lowest BCUT2D eigenvalue weighted by atomic mass is 9.84. The van der Waals surface area contributed by atoms with Gasteiger partial charge >= 0.3 is 12.4 Å². The van der Waals surface area contributed by atoms with Crippen molar-refractivity contribution in [2.45, 2.75) is 55.7 Å². The van der Waals surface area contributed by atoms with Crippen LogP contribution in [-0.2, 0) is 32.1 Å². The molecule has 6 bridgehead atoms. The zero-order chi connectivity index (χ0) is 28.6. The minimum absolute atomic E-state index is 0.113. The first-order valence-electron chi connectivity index (χ1n) is 12.1. The second-order valence-corrected chi connectivity index (χ2v) is 10.1. The van der Waals surface area contributed by atoms with Crippen LogP contribution >= 0.6 is 0 Å². The van der Waals surface area contributed by atoms with Gasteiger partial charge in [-0.05, 0) is 40.8 Å². The average Bonchev–Trinajstić information content (AvgIpc) is 2.85. The van der Waals surface area contributed by atoms with E-state index >= 15 is 0 Å². The number of rotatable bonds is 2. The quantitative estimate of drug-likeness (QED) is 0.396. The van der Waals surface area contributed by atoms with Crippen LogP contribution in [0.4, 0.5) is 26.3 Å². The second-order valence-electron chi connectivity index (χ2n) is 10.1. The Kier molecular flexibility index (Phi) is 7.66. The third-order valence-corrected chi connectivity index (χ3v) is 7.15. The smallest absolute Gasteiger partial charge is 0.417 e. The lowest BCUT2D eigenvalue weighted by molar-refractivity contribution is -0.259. The molecule has 0 saturated carbocycles. The van der Waals surface area contributed by atoms with E-state index in [-0.39, 0.29) is 33.8 Å². The molecule has 0 fully saturated rings. The van der Waals surface area contributed by atoms with Crippen molar-refractivity contribution in [2.24, 2.45) is 0 Å². The van der Waals surface area contributed by atoms with Gasteiger partial charge in [-0.1, -0.05) is 48.5 Å². The van der Waals surface area contributed by atoms with Gasteiger partial charge in [-0.2, -0.15) is 26.3 Å². The van der Waals surface area contributed by atoms with Crippen LogP contribution in [0, 0.1) is 0 Å². The molecular formula is C29H28F6O4. The summed E-state index contributed by atoms with van der Waals surface area (Å²) in [6.07, 6.45) is -13.1. The highest BCUT2D eigenvalue weighted by Gasteiger charge is 2.55. The molecule has 2 N–H and O–H groups in total. The van der Waals surface area contributed by atoms with Crippen LogP contribution in [0.1, 0.15) is 33.4 Å². The minimum atomic E-state index is -5.04. The van der Waals surface area contributed by atoms with E-state index in [4.69, 9.17) is 9.47 Å². The van der Waals surface area contributed by atoms with Gasteiger partial charge in [0.2, 0.25) is 0 Å². The zero-order valence-corrected chi connectivity index (χ0v) is 21.3. The van der Waals surface area contributed by atoms with Gasteiger partial charge in [0.05, 0.1) is 14.2 Å². The van der Waals surface area contributed by atoms with Crippen LogP contribution in [-0.4, -0.2) is 48.0 Å². The van der Waals surface area contributed by atoms with E-state index in [1.54, 1.807) is 24.3 Å². The second kappa shape index (κ2) is 10.4. The highest BCUT2D eigenvalue weighted by Crippen LogP contribution is 2.43. The van der Waals surface area contributed by atoms with Crippen LogP contribution in [0.25, 0.3) is 0 Å². The molecule has 39 heavy (non-hydrogen) atoms. The van der Waals surface area contributed by atoms with Crippen molar-refractivity contribution in [3.05, 3.63) is 94.0 Å². The van der Waals surface area contributed by atoms with Crippen LogP contribution in [0.15, 0.2) is 60.7 Å². The maximum absolute atomic E-state index is 14.2. The van der Waals surface area contributed by atoms with Crippen LogP contribution in [0.2, 0.25) is 0 Å². The summed E-state index contributed by atoms with van der Waals surface area (Å²) >= 11 is 0. The topological polar surface area (TPSA) is 58.9 Å². The van der Waals surface area contributed by atoms with E-state index < -0.39 is 49.2 Å². The summed E-state index contributed by atoms with van der Waals surface area (Å²) < 4.78 is 95.8. The number of halogens is 6. The summed E-state index contributed by atoms with van der Waals surface area (Å²) in [5.41, 5.74) is -4.59.